The molecule has 13 nitrogen and oxygen atoms in total. The van der Waals surface area contributed by atoms with E-state index in [-0.39, 0.29) is 62.5 Å². The number of hydrogen-bond donors (Lipinski definition) is 2. The summed E-state index contributed by atoms with van der Waals surface area (Å²) in [6.07, 6.45) is 0.552. The minimum Gasteiger partial charge on any atom is -0.482 e. The molecular formula is C45H46N4O9. The van der Waals surface area contributed by atoms with E-state index in [1.54, 1.807) is 51.6 Å². The molecule has 9 rings (SSSR count). The Morgan fingerprint density at radius 3 is 2.05 bits per heavy atom. The summed E-state index contributed by atoms with van der Waals surface area (Å²) in [7, 11) is 0. The van der Waals surface area contributed by atoms with E-state index in [0.29, 0.717) is 58.5 Å². The van der Waals surface area contributed by atoms with Crippen LogP contribution < -0.4 is 24.2 Å². The lowest BCUT2D eigenvalue weighted by molar-refractivity contribution is -0.150. The van der Waals surface area contributed by atoms with Crippen molar-refractivity contribution in [2.45, 2.75) is 69.9 Å². The number of ether oxygens (including phenoxy) is 3. The van der Waals surface area contributed by atoms with Gasteiger partial charge in [-0.05, 0) is 86.8 Å². The van der Waals surface area contributed by atoms with E-state index in [1.807, 2.05) is 79.7 Å². The van der Waals surface area contributed by atoms with Crippen LogP contribution in [0.25, 0.3) is 0 Å². The Labute approximate surface area is 336 Å². The molecule has 0 bridgehead atoms. The van der Waals surface area contributed by atoms with Gasteiger partial charge in [-0.3, -0.25) is 29.0 Å². The Morgan fingerprint density at radius 1 is 0.828 bits per heavy atom. The Hall–Kier alpha value is -5.76. The molecule has 0 radical (unpaired) electrons. The standard InChI is InChI=1S/C45H46N4O9/c1-27-42(44(2,3)55)38(22-39(51)46-20-8-9-31(46)24-50)58-45(27)32-21-30(49-35-11-5-7-13-37(35)57-26-41(49)53)18-19-33(32)47(43(45)54)23-28-14-16-29(17-15-28)48-34-10-4-6-12-36(34)56-25-40(48)52/h4-7,10-19,21,27,31,38,42,50,55H,8-9,20,22-26H2,1-3H3/t27-,31+,38+,42-,45+/m1/s1. The van der Waals surface area contributed by atoms with Crippen molar-refractivity contribution in [2.75, 3.05) is 41.1 Å². The topological polar surface area (TPSA) is 149 Å². The maximum Gasteiger partial charge on any atom is 0.269 e. The van der Waals surface area contributed by atoms with Crippen LogP contribution in [-0.2, 0) is 36.1 Å². The number of amides is 4. The number of rotatable bonds is 8. The van der Waals surface area contributed by atoms with Gasteiger partial charge in [-0.2, -0.15) is 0 Å². The summed E-state index contributed by atoms with van der Waals surface area (Å²) in [5.74, 6) is -1.13. The minimum absolute atomic E-state index is 0.0833. The first kappa shape index (κ1) is 37.8. The Kier molecular flexibility index (Phi) is 9.29. The van der Waals surface area contributed by atoms with E-state index >= 15 is 4.79 Å². The van der Waals surface area contributed by atoms with Crippen molar-refractivity contribution < 1.29 is 43.6 Å². The minimum atomic E-state index is -1.62. The van der Waals surface area contributed by atoms with Crippen LogP contribution in [0.2, 0.25) is 0 Å². The van der Waals surface area contributed by atoms with Crippen LogP contribution in [0, 0.1) is 11.8 Å². The van der Waals surface area contributed by atoms with Gasteiger partial charge in [-0.25, -0.2) is 0 Å². The lowest BCUT2D eigenvalue weighted by atomic mass is 9.70. The van der Waals surface area contributed by atoms with Crippen molar-refractivity contribution in [1.29, 1.82) is 0 Å². The first-order chi connectivity index (χ1) is 27.9. The highest BCUT2D eigenvalue weighted by Crippen LogP contribution is 2.59. The summed E-state index contributed by atoms with van der Waals surface area (Å²) in [5, 5.41) is 21.8. The third kappa shape index (κ3) is 6.02. The maximum atomic E-state index is 15.3. The van der Waals surface area contributed by atoms with Gasteiger partial charge in [-0.15, -0.1) is 0 Å². The predicted octanol–water partition coefficient (Wildman–Crippen LogP) is 5.34. The van der Waals surface area contributed by atoms with E-state index in [1.165, 1.54) is 0 Å². The number of nitrogens with zero attached hydrogens (tertiary/aromatic N) is 4. The smallest absolute Gasteiger partial charge is 0.269 e. The van der Waals surface area contributed by atoms with Crippen molar-refractivity contribution in [3.8, 4) is 11.5 Å². The molecule has 0 unspecified atom stereocenters. The monoisotopic (exact) mass is 786 g/mol. The van der Waals surface area contributed by atoms with Crippen molar-refractivity contribution in [2.24, 2.45) is 11.8 Å². The van der Waals surface area contributed by atoms with Crippen LogP contribution in [0.3, 0.4) is 0 Å². The molecule has 5 aliphatic heterocycles. The molecule has 300 valence electrons. The van der Waals surface area contributed by atoms with Gasteiger partial charge in [-0.1, -0.05) is 43.3 Å². The summed E-state index contributed by atoms with van der Waals surface area (Å²) in [5.41, 5.74) is 1.31. The number of fused-ring (bicyclic) bond motifs is 4. The molecule has 4 aromatic carbocycles. The Balaban J connectivity index is 1.11. The largest absolute Gasteiger partial charge is 0.482 e. The molecule has 0 aromatic heterocycles. The van der Waals surface area contributed by atoms with Crippen molar-refractivity contribution in [3.63, 3.8) is 0 Å². The lowest BCUT2D eigenvalue weighted by Gasteiger charge is -2.34. The van der Waals surface area contributed by atoms with Crippen LogP contribution >= 0.6 is 0 Å². The summed E-state index contributed by atoms with van der Waals surface area (Å²) in [6.45, 7) is 5.53. The third-order valence-electron chi connectivity index (χ3n) is 12.5. The first-order valence-corrected chi connectivity index (χ1v) is 19.9. The second kappa shape index (κ2) is 14.3. The van der Waals surface area contributed by atoms with Gasteiger partial charge in [0.05, 0.1) is 54.4 Å². The predicted molar refractivity (Wildman–Crippen MR) is 214 cm³/mol. The number of para-hydroxylation sites is 4. The molecular weight excluding hydrogens is 741 g/mol. The van der Waals surface area contributed by atoms with Crippen LogP contribution in [0.4, 0.5) is 28.4 Å². The van der Waals surface area contributed by atoms with Gasteiger partial charge in [0.15, 0.2) is 18.8 Å². The number of anilines is 5. The molecule has 5 atom stereocenters. The molecule has 0 aliphatic carbocycles. The molecule has 4 amide bonds. The first-order valence-electron chi connectivity index (χ1n) is 19.9. The normalized spacial score (nSPS) is 25.2. The van der Waals surface area contributed by atoms with E-state index < -0.39 is 29.1 Å². The fraction of sp³-hybridized carbons (Fsp3) is 0.378. The Bertz CT molecular complexity index is 2310. The molecule has 1 spiro atoms. The maximum absolute atomic E-state index is 15.3. The fourth-order valence-corrected chi connectivity index (χ4v) is 9.91. The van der Waals surface area contributed by atoms with Gasteiger partial charge in [0.25, 0.3) is 17.7 Å². The summed E-state index contributed by atoms with van der Waals surface area (Å²) < 4.78 is 18.4. The Morgan fingerprint density at radius 2 is 1.43 bits per heavy atom. The van der Waals surface area contributed by atoms with Crippen molar-refractivity contribution in [1.82, 2.24) is 4.90 Å². The molecule has 0 saturated carbocycles. The SMILES string of the molecule is C[C@@H]1[C@@H](C(C)(C)O)[C@H](CC(=O)N2CCC[C@H]2CO)O[C@@]12C(=O)N(Cc1ccc(N3C(=O)COc4ccccc43)cc1)c1ccc(N3C(=O)COc4ccccc43)cc12. The van der Waals surface area contributed by atoms with E-state index in [4.69, 9.17) is 14.2 Å². The second-order valence-corrected chi connectivity index (χ2v) is 16.4. The third-order valence-corrected chi connectivity index (χ3v) is 12.5. The van der Waals surface area contributed by atoms with E-state index in [2.05, 4.69) is 0 Å². The van der Waals surface area contributed by atoms with Crippen molar-refractivity contribution in [3.05, 3.63) is 102 Å². The van der Waals surface area contributed by atoms with Gasteiger partial charge < -0.3 is 34.2 Å². The van der Waals surface area contributed by atoms with Crippen molar-refractivity contribution >= 4 is 52.1 Å². The highest BCUT2D eigenvalue weighted by atomic mass is 16.5. The molecule has 4 aromatic rings. The lowest BCUT2D eigenvalue weighted by Crippen LogP contribution is -2.46. The fourth-order valence-electron chi connectivity index (χ4n) is 9.91. The van der Waals surface area contributed by atoms with Crippen LogP contribution in [0.5, 0.6) is 11.5 Å². The molecule has 58 heavy (non-hydrogen) atoms. The van der Waals surface area contributed by atoms with Gasteiger partial charge >= 0.3 is 0 Å². The zero-order chi connectivity index (χ0) is 40.5. The van der Waals surface area contributed by atoms with Crippen LogP contribution in [0.15, 0.2) is 91.0 Å². The van der Waals surface area contributed by atoms with Gasteiger partial charge in [0.1, 0.15) is 11.5 Å². The number of hydrogen-bond acceptors (Lipinski definition) is 9. The molecule has 13 heteroatoms. The quantitative estimate of drug-likeness (QED) is 0.242. The average Bonchev–Trinajstić information content (AvgIpc) is 3.88. The highest BCUT2D eigenvalue weighted by molar-refractivity contribution is 6.10. The van der Waals surface area contributed by atoms with Crippen LogP contribution in [-0.4, -0.2) is 82.9 Å². The summed E-state index contributed by atoms with van der Waals surface area (Å²) in [6, 6.07) is 27.2. The average molecular weight is 787 g/mol. The zero-order valence-corrected chi connectivity index (χ0v) is 32.7. The number of aliphatic hydroxyl groups is 2. The summed E-state index contributed by atoms with van der Waals surface area (Å²) in [4.78, 5) is 62.4. The number of carbonyl (C=O) groups excluding carboxylic acids is 4. The number of likely N-dealkylation sites (tertiary alicyclic amines) is 1. The highest BCUT2D eigenvalue weighted by Gasteiger charge is 2.66. The van der Waals surface area contributed by atoms with E-state index in [9.17, 15) is 24.6 Å². The van der Waals surface area contributed by atoms with E-state index in [0.717, 1.165) is 12.0 Å². The number of benzene rings is 4. The second-order valence-electron chi connectivity index (χ2n) is 16.4. The molecule has 2 fully saturated rings. The number of aliphatic hydroxyl groups excluding tert-OH is 1. The molecule has 2 N–H and O–H groups in total. The van der Waals surface area contributed by atoms with Crippen LogP contribution in [0.1, 0.15) is 51.2 Å². The zero-order valence-electron chi connectivity index (χ0n) is 32.7. The van der Waals surface area contributed by atoms with Gasteiger partial charge in [0.2, 0.25) is 5.91 Å². The molecule has 2 saturated heterocycles. The van der Waals surface area contributed by atoms with Gasteiger partial charge in [0, 0.05) is 35.3 Å². The summed E-state index contributed by atoms with van der Waals surface area (Å²) >= 11 is 0. The molecule has 5 aliphatic rings. The molecule has 5 heterocycles. The number of carbonyl (C=O) groups is 4.